The van der Waals surface area contributed by atoms with Gasteiger partial charge in [-0.25, -0.2) is 4.39 Å². The van der Waals surface area contributed by atoms with Crippen molar-refractivity contribution in [2.45, 2.75) is 32.4 Å². The Morgan fingerprint density at radius 1 is 1.29 bits per heavy atom. The molecule has 0 amide bonds. The maximum Gasteiger partial charge on any atom is 0.136 e. The van der Waals surface area contributed by atoms with Crippen LogP contribution < -0.4 is 11.3 Å². The van der Waals surface area contributed by atoms with Crippen LogP contribution in [0.3, 0.4) is 0 Å². The molecule has 0 bridgehead atoms. The van der Waals surface area contributed by atoms with Gasteiger partial charge in [-0.3, -0.25) is 5.84 Å². The fourth-order valence-electron chi connectivity index (χ4n) is 2.11. The number of rotatable bonds is 2. The van der Waals surface area contributed by atoms with Crippen LogP contribution in [0.2, 0.25) is 0 Å². The summed E-state index contributed by atoms with van der Waals surface area (Å²) in [4.78, 5) is 0. The number of hydrogen-bond donors (Lipinski definition) is 2. The number of anilines is 1. The predicted octanol–water partition coefficient (Wildman–Crippen LogP) is 2.55. The molecule has 1 aliphatic rings. The number of nitrogen functional groups attached to an aromatic ring is 1. The van der Waals surface area contributed by atoms with Crippen LogP contribution in [-0.4, -0.2) is 0 Å². The minimum atomic E-state index is -1.05. The first-order chi connectivity index (χ1) is 6.57. The highest BCUT2D eigenvalue weighted by Gasteiger charge is 2.46. The summed E-state index contributed by atoms with van der Waals surface area (Å²) in [5, 5.41) is 0. The summed E-state index contributed by atoms with van der Waals surface area (Å²) in [6.45, 7) is 3.87. The Kier molecular flexibility index (Phi) is 2.00. The first kappa shape index (κ1) is 9.46. The standard InChI is InChI=1S/C11H15FN2/c1-7-5-9(14-13)6-8(2)10(7)11(12)3-4-11/h5-6,14H,3-4,13H2,1-2H3. The second-order valence-electron chi connectivity index (χ2n) is 4.09. The van der Waals surface area contributed by atoms with Crippen molar-refractivity contribution in [3.63, 3.8) is 0 Å². The Morgan fingerprint density at radius 3 is 2.14 bits per heavy atom. The Hall–Kier alpha value is -1.09. The van der Waals surface area contributed by atoms with Crippen LogP contribution in [0.4, 0.5) is 10.1 Å². The molecule has 0 spiro atoms. The number of halogens is 1. The topological polar surface area (TPSA) is 38.0 Å². The smallest absolute Gasteiger partial charge is 0.136 e. The predicted molar refractivity (Wildman–Crippen MR) is 55.7 cm³/mol. The number of benzene rings is 1. The monoisotopic (exact) mass is 194 g/mol. The van der Waals surface area contributed by atoms with E-state index in [9.17, 15) is 4.39 Å². The summed E-state index contributed by atoms with van der Waals surface area (Å²) in [5.41, 5.74) is 5.20. The van der Waals surface area contributed by atoms with Crippen molar-refractivity contribution in [2.24, 2.45) is 5.84 Å². The zero-order valence-corrected chi connectivity index (χ0v) is 8.52. The normalized spacial score (nSPS) is 18.0. The maximum atomic E-state index is 13.9. The number of nitrogens with two attached hydrogens (primary N) is 1. The van der Waals surface area contributed by atoms with E-state index in [0.717, 1.165) is 22.4 Å². The zero-order valence-electron chi connectivity index (χ0n) is 8.52. The van der Waals surface area contributed by atoms with Crippen LogP contribution in [-0.2, 0) is 5.67 Å². The minimum absolute atomic E-state index is 0.657. The van der Waals surface area contributed by atoms with E-state index in [1.807, 2.05) is 26.0 Å². The average Bonchev–Trinajstić information content (AvgIpc) is 2.82. The van der Waals surface area contributed by atoms with E-state index in [1.165, 1.54) is 0 Å². The molecule has 0 aromatic heterocycles. The quantitative estimate of drug-likeness (QED) is 0.561. The number of hydrogen-bond acceptors (Lipinski definition) is 2. The van der Waals surface area contributed by atoms with Gasteiger partial charge in [-0.2, -0.15) is 0 Å². The molecule has 1 fully saturated rings. The highest BCUT2D eigenvalue weighted by molar-refractivity contribution is 5.54. The summed E-state index contributed by atoms with van der Waals surface area (Å²) < 4.78 is 13.9. The molecule has 0 heterocycles. The molecule has 0 radical (unpaired) electrons. The molecular formula is C11H15FN2. The van der Waals surface area contributed by atoms with E-state index < -0.39 is 5.67 Å². The van der Waals surface area contributed by atoms with Gasteiger partial charge in [0.15, 0.2) is 0 Å². The highest BCUT2D eigenvalue weighted by atomic mass is 19.1. The van der Waals surface area contributed by atoms with Crippen LogP contribution in [0.5, 0.6) is 0 Å². The molecule has 0 atom stereocenters. The number of hydrazine groups is 1. The second kappa shape index (κ2) is 2.95. The average molecular weight is 194 g/mol. The molecular weight excluding hydrogens is 179 g/mol. The van der Waals surface area contributed by atoms with Gasteiger partial charge in [0.05, 0.1) is 0 Å². The van der Waals surface area contributed by atoms with Gasteiger partial charge < -0.3 is 5.43 Å². The SMILES string of the molecule is Cc1cc(NN)cc(C)c1C1(F)CC1. The maximum absolute atomic E-state index is 13.9. The Morgan fingerprint density at radius 2 is 1.79 bits per heavy atom. The molecule has 1 aromatic carbocycles. The third kappa shape index (κ3) is 1.38. The molecule has 76 valence electrons. The first-order valence-corrected chi connectivity index (χ1v) is 4.84. The van der Waals surface area contributed by atoms with Gasteiger partial charge in [0.2, 0.25) is 0 Å². The molecule has 0 aliphatic heterocycles. The summed E-state index contributed by atoms with van der Waals surface area (Å²) in [7, 11) is 0. The summed E-state index contributed by atoms with van der Waals surface area (Å²) >= 11 is 0. The van der Waals surface area contributed by atoms with Gasteiger partial charge in [0, 0.05) is 5.69 Å². The van der Waals surface area contributed by atoms with Gasteiger partial charge in [-0.15, -0.1) is 0 Å². The van der Waals surface area contributed by atoms with Crippen molar-refractivity contribution in [1.82, 2.24) is 0 Å². The lowest BCUT2D eigenvalue weighted by Crippen LogP contribution is -2.10. The fraction of sp³-hybridized carbons (Fsp3) is 0.455. The lowest BCUT2D eigenvalue weighted by atomic mass is 9.96. The molecule has 2 rings (SSSR count). The van der Waals surface area contributed by atoms with Crippen LogP contribution in [0, 0.1) is 13.8 Å². The van der Waals surface area contributed by atoms with Gasteiger partial charge in [-0.1, -0.05) is 0 Å². The van der Waals surface area contributed by atoms with Crippen LogP contribution in [0.1, 0.15) is 29.5 Å². The lowest BCUT2D eigenvalue weighted by Gasteiger charge is -2.15. The highest BCUT2D eigenvalue weighted by Crippen LogP contribution is 2.52. The van der Waals surface area contributed by atoms with Gasteiger partial charge in [0.1, 0.15) is 5.67 Å². The van der Waals surface area contributed by atoms with E-state index in [0.29, 0.717) is 12.8 Å². The first-order valence-electron chi connectivity index (χ1n) is 4.84. The van der Waals surface area contributed by atoms with Gasteiger partial charge >= 0.3 is 0 Å². The number of nitrogens with one attached hydrogen (secondary N) is 1. The summed E-state index contributed by atoms with van der Waals surface area (Å²) in [5.74, 6) is 5.32. The Bertz CT molecular complexity index is 347. The van der Waals surface area contributed by atoms with Crippen LogP contribution in [0.25, 0.3) is 0 Å². The van der Waals surface area contributed by atoms with Crippen molar-refractivity contribution in [1.29, 1.82) is 0 Å². The van der Waals surface area contributed by atoms with Crippen molar-refractivity contribution in [2.75, 3.05) is 5.43 Å². The van der Waals surface area contributed by atoms with E-state index in [4.69, 9.17) is 5.84 Å². The Labute approximate surface area is 83.3 Å². The second-order valence-corrected chi connectivity index (χ2v) is 4.09. The largest absolute Gasteiger partial charge is 0.324 e. The van der Waals surface area contributed by atoms with E-state index in [2.05, 4.69) is 5.43 Å². The third-order valence-electron chi connectivity index (χ3n) is 2.84. The lowest BCUT2D eigenvalue weighted by molar-refractivity contribution is 0.315. The molecule has 0 unspecified atom stereocenters. The minimum Gasteiger partial charge on any atom is -0.324 e. The fourth-order valence-corrected chi connectivity index (χ4v) is 2.11. The van der Waals surface area contributed by atoms with Crippen LogP contribution in [0.15, 0.2) is 12.1 Å². The molecule has 0 saturated heterocycles. The van der Waals surface area contributed by atoms with Crippen molar-refractivity contribution < 1.29 is 4.39 Å². The third-order valence-corrected chi connectivity index (χ3v) is 2.84. The molecule has 3 N–H and O–H groups in total. The molecule has 1 saturated carbocycles. The molecule has 2 nitrogen and oxygen atoms in total. The Balaban J connectivity index is 2.50. The molecule has 1 aromatic rings. The van der Waals surface area contributed by atoms with Gasteiger partial charge in [-0.05, 0) is 55.5 Å². The summed E-state index contributed by atoms with van der Waals surface area (Å²) in [6, 6.07) is 3.78. The van der Waals surface area contributed by atoms with Crippen molar-refractivity contribution >= 4 is 5.69 Å². The van der Waals surface area contributed by atoms with Crippen molar-refractivity contribution in [3.05, 3.63) is 28.8 Å². The molecule has 3 heteroatoms. The molecule has 1 aliphatic carbocycles. The molecule has 14 heavy (non-hydrogen) atoms. The summed E-state index contributed by atoms with van der Waals surface area (Å²) in [6.07, 6.45) is 1.31. The van der Waals surface area contributed by atoms with Gasteiger partial charge in [0.25, 0.3) is 0 Å². The van der Waals surface area contributed by atoms with E-state index >= 15 is 0 Å². The van der Waals surface area contributed by atoms with Crippen molar-refractivity contribution in [3.8, 4) is 0 Å². The van der Waals surface area contributed by atoms with E-state index in [1.54, 1.807) is 0 Å². The van der Waals surface area contributed by atoms with E-state index in [-0.39, 0.29) is 0 Å². The zero-order chi connectivity index (χ0) is 10.3. The number of alkyl halides is 1. The number of aryl methyl sites for hydroxylation is 2. The van der Waals surface area contributed by atoms with Crippen LogP contribution >= 0.6 is 0 Å².